The van der Waals surface area contributed by atoms with E-state index in [2.05, 4.69) is 6.58 Å². The third-order valence-electron chi connectivity index (χ3n) is 5.44. The van der Waals surface area contributed by atoms with Crippen LogP contribution in [0.4, 0.5) is 0 Å². The van der Waals surface area contributed by atoms with Crippen molar-refractivity contribution in [1.82, 2.24) is 9.47 Å². The number of ketones is 1. The average molecular weight is 411 g/mol. The Morgan fingerprint density at radius 1 is 1.17 bits per heavy atom. The number of carbonyl (C=O) groups is 3. The lowest BCUT2D eigenvalue weighted by atomic mass is 9.99. The zero-order valence-corrected chi connectivity index (χ0v) is 18.6. The van der Waals surface area contributed by atoms with Gasteiger partial charge in [-0.05, 0) is 52.3 Å². The number of methoxy groups -OCH3 is 1. The molecule has 160 valence electrons. The Morgan fingerprint density at radius 2 is 1.77 bits per heavy atom. The highest BCUT2D eigenvalue weighted by atomic mass is 16.5. The molecule has 1 atom stereocenters. The smallest absolute Gasteiger partial charge is 0.354 e. The monoisotopic (exact) mass is 410 g/mol. The van der Waals surface area contributed by atoms with Crippen molar-refractivity contribution in [1.29, 1.82) is 0 Å². The molecule has 0 aliphatic rings. The topological polar surface area (TPSA) is 68.6 Å². The lowest BCUT2D eigenvalue weighted by Gasteiger charge is -2.27. The molecule has 1 heterocycles. The Kier molecular flexibility index (Phi) is 7.38. The number of nitrogens with zero attached hydrogens (tertiary/aromatic N) is 2. The van der Waals surface area contributed by atoms with E-state index in [1.165, 1.54) is 12.0 Å². The van der Waals surface area contributed by atoms with Gasteiger partial charge in [-0.3, -0.25) is 9.59 Å². The summed E-state index contributed by atoms with van der Waals surface area (Å²) in [7, 11) is 1.32. The molecule has 0 radical (unpaired) electrons. The standard InChI is InChI=1S/C24H30N2O4/c1-8-14-26(23(28)19-12-10-15(3)11-13-19)18(6)22(27)20-16(4)21(24(29)30-7)25(9-2)17(20)5/h8,10-13,18H,1,9,14H2,2-7H3. The number of amides is 1. The molecule has 0 bridgehead atoms. The van der Waals surface area contributed by atoms with Crippen molar-refractivity contribution in [2.75, 3.05) is 13.7 Å². The molecule has 0 aliphatic carbocycles. The van der Waals surface area contributed by atoms with E-state index in [0.29, 0.717) is 34.6 Å². The molecule has 2 aromatic rings. The predicted molar refractivity (Wildman–Crippen MR) is 117 cm³/mol. The molecule has 0 saturated carbocycles. The van der Waals surface area contributed by atoms with E-state index in [0.717, 1.165) is 5.56 Å². The number of carbonyl (C=O) groups excluding carboxylic acids is 3. The molecule has 0 fully saturated rings. The Morgan fingerprint density at radius 3 is 2.27 bits per heavy atom. The van der Waals surface area contributed by atoms with Crippen LogP contribution in [0.2, 0.25) is 0 Å². The van der Waals surface area contributed by atoms with Crippen LogP contribution in [0.5, 0.6) is 0 Å². The quantitative estimate of drug-likeness (QED) is 0.373. The van der Waals surface area contributed by atoms with E-state index in [1.807, 2.05) is 32.9 Å². The molecule has 1 unspecified atom stereocenters. The lowest BCUT2D eigenvalue weighted by Crippen LogP contribution is -2.43. The minimum atomic E-state index is -0.729. The van der Waals surface area contributed by atoms with Crippen molar-refractivity contribution < 1.29 is 19.1 Å². The Hall–Kier alpha value is -3.15. The first kappa shape index (κ1) is 23.1. The van der Waals surface area contributed by atoms with Gasteiger partial charge in [-0.25, -0.2) is 4.79 Å². The number of rotatable bonds is 8. The van der Waals surface area contributed by atoms with Crippen LogP contribution in [-0.4, -0.2) is 46.8 Å². The fourth-order valence-electron chi connectivity index (χ4n) is 3.78. The van der Waals surface area contributed by atoms with Crippen molar-refractivity contribution >= 4 is 17.7 Å². The third kappa shape index (κ3) is 4.22. The fraction of sp³-hybridized carbons (Fsp3) is 0.375. The molecule has 1 aromatic heterocycles. The van der Waals surface area contributed by atoms with E-state index in [1.54, 1.807) is 36.6 Å². The van der Waals surface area contributed by atoms with Crippen LogP contribution >= 0.6 is 0 Å². The van der Waals surface area contributed by atoms with E-state index in [4.69, 9.17) is 4.74 Å². The van der Waals surface area contributed by atoms with Crippen LogP contribution < -0.4 is 0 Å². The molecule has 0 aliphatic heterocycles. The summed E-state index contributed by atoms with van der Waals surface area (Å²) >= 11 is 0. The van der Waals surface area contributed by atoms with Crippen molar-refractivity contribution in [3.8, 4) is 0 Å². The summed E-state index contributed by atoms with van der Waals surface area (Å²) in [5, 5.41) is 0. The summed E-state index contributed by atoms with van der Waals surface area (Å²) in [6, 6.07) is 6.51. The van der Waals surface area contributed by atoms with Crippen LogP contribution in [0.3, 0.4) is 0 Å². The van der Waals surface area contributed by atoms with Gasteiger partial charge in [0.15, 0.2) is 5.78 Å². The van der Waals surface area contributed by atoms with E-state index in [-0.39, 0.29) is 18.2 Å². The summed E-state index contributed by atoms with van der Waals surface area (Å²) in [5.41, 5.74) is 3.64. The van der Waals surface area contributed by atoms with Crippen LogP contribution in [-0.2, 0) is 11.3 Å². The van der Waals surface area contributed by atoms with E-state index >= 15 is 0 Å². The van der Waals surface area contributed by atoms with E-state index in [9.17, 15) is 14.4 Å². The average Bonchev–Trinajstić information content (AvgIpc) is 2.99. The zero-order chi connectivity index (χ0) is 22.6. The van der Waals surface area contributed by atoms with Gasteiger partial charge >= 0.3 is 5.97 Å². The second kappa shape index (κ2) is 9.57. The van der Waals surface area contributed by atoms with Gasteiger partial charge in [0.05, 0.1) is 13.2 Å². The number of ether oxygens (including phenoxy) is 1. The third-order valence-corrected chi connectivity index (χ3v) is 5.44. The summed E-state index contributed by atoms with van der Waals surface area (Å²) in [6.07, 6.45) is 1.60. The van der Waals surface area contributed by atoms with Gasteiger partial charge in [-0.2, -0.15) is 0 Å². The molecule has 6 nitrogen and oxygen atoms in total. The first-order valence-electron chi connectivity index (χ1n) is 10.00. The molecule has 1 amide bonds. The Bertz CT molecular complexity index is 970. The second-order valence-electron chi connectivity index (χ2n) is 7.32. The Balaban J connectivity index is 2.48. The molecule has 0 N–H and O–H groups in total. The van der Waals surface area contributed by atoms with Crippen molar-refractivity contribution in [3.05, 3.63) is 70.6 Å². The van der Waals surface area contributed by atoms with Crippen molar-refractivity contribution in [2.24, 2.45) is 0 Å². The number of Topliss-reactive ketones (excluding diaryl/α,β-unsaturated/α-hetero) is 1. The highest BCUT2D eigenvalue weighted by Crippen LogP contribution is 2.26. The molecular formula is C24H30N2O4. The van der Waals surface area contributed by atoms with Gasteiger partial charge in [-0.1, -0.05) is 23.8 Å². The highest BCUT2D eigenvalue weighted by molar-refractivity contribution is 6.07. The molecular weight excluding hydrogens is 380 g/mol. The predicted octanol–water partition coefficient (Wildman–Crippen LogP) is 4.12. The fourth-order valence-corrected chi connectivity index (χ4v) is 3.78. The zero-order valence-electron chi connectivity index (χ0n) is 18.6. The van der Waals surface area contributed by atoms with Crippen molar-refractivity contribution in [2.45, 2.75) is 47.2 Å². The maximum atomic E-state index is 13.5. The van der Waals surface area contributed by atoms with E-state index < -0.39 is 12.0 Å². The molecule has 2 rings (SSSR count). The molecule has 1 aromatic carbocycles. The number of esters is 1. The SMILES string of the molecule is C=CCN(C(=O)c1ccc(C)cc1)C(C)C(=O)c1c(C)c(C(=O)OC)n(CC)c1C. The number of hydrogen-bond donors (Lipinski definition) is 0. The minimum absolute atomic E-state index is 0.218. The molecule has 0 saturated heterocycles. The molecule has 6 heteroatoms. The normalized spacial score (nSPS) is 11.7. The first-order chi connectivity index (χ1) is 14.2. The van der Waals surface area contributed by atoms with Crippen LogP contribution in [0.15, 0.2) is 36.9 Å². The summed E-state index contributed by atoms with van der Waals surface area (Å²) in [6.45, 7) is 13.6. The number of aromatic nitrogens is 1. The number of benzene rings is 1. The highest BCUT2D eigenvalue weighted by Gasteiger charge is 2.32. The van der Waals surface area contributed by atoms with Gasteiger partial charge < -0.3 is 14.2 Å². The summed E-state index contributed by atoms with van der Waals surface area (Å²) < 4.78 is 6.69. The maximum absolute atomic E-state index is 13.5. The number of aryl methyl sites for hydroxylation is 1. The van der Waals surface area contributed by atoms with Gasteiger partial charge in [0.25, 0.3) is 5.91 Å². The van der Waals surface area contributed by atoms with Gasteiger partial charge in [0.2, 0.25) is 0 Å². The van der Waals surface area contributed by atoms with Crippen LogP contribution in [0.25, 0.3) is 0 Å². The van der Waals surface area contributed by atoms with Crippen LogP contribution in [0, 0.1) is 20.8 Å². The van der Waals surface area contributed by atoms with Crippen LogP contribution in [0.1, 0.15) is 61.9 Å². The van der Waals surface area contributed by atoms with Gasteiger partial charge in [0.1, 0.15) is 5.69 Å². The minimum Gasteiger partial charge on any atom is -0.464 e. The van der Waals surface area contributed by atoms with Gasteiger partial charge in [0, 0.05) is 29.9 Å². The second-order valence-corrected chi connectivity index (χ2v) is 7.32. The molecule has 30 heavy (non-hydrogen) atoms. The number of hydrogen-bond acceptors (Lipinski definition) is 4. The largest absolute Gasteiger partial charge is 0.464 e. The lowest BCUT2D eigenvalue weighted by molar-refractivity contribution is 0.0587. The molecule has 0 spiro atoms. The summed E-state index contributed by atoms with van der Waals surface area (Å²) in [5.74, 6) is -0.943. The van der Waals surface area contributed by atoms with Gasteiger partial charge in [-0.15, -0.1) is 6.58 Å². The summed E-state index contributed by atoms with van der Waals surface area (Å²) in [4.78, 5) is 40.4. The Labute approximate surface area is 178 Å². The van der Waals surface area contributed by atoms with Crippen molar-refractivity contribution in [3.63, 3.8) is 0 Å². The maximum Gasteiger partial charge on any atom is 0.354 e. The first-order valence-corrected chi connectivity index (χ1v) is 10.00.